The van der Waals surface area contributed by atoms with Crippen LogP contribution in [0, 0.1) is 5.92 Å². The second-order valence-electron chi connectivity index (χ2n) is 5.53. The summed E-state index contributed by atoms with van der Waals surface area (Å²) >= 11 is 0. The lowest BCUT2D eigenvalue weighted by Crippen LogP contribution is -2.48. The minimum atomic E-state index is 0.528. The van der Waals surface area contributed by atoms with E-state index in [1.165, 1.54) is 19.3 Å². The summed E-state index contributed by atoms with van der Waals surface area (Å²) in [7, 11) is 0. The molecule has 1 heterocycles. The molecule has 0 spiro atoms. The quantitative estimate of drug-likeness (QED) is 0.743. The SMILES string of the molecule is CCN(CC)CCN1C(N)=NCC1C1CC=CCC1. The first-order valence-corrected chi connectivity index (χ1v) is 7.70. The van der Waals surface area contributed by atoms with Crippen LogP contribution >= 0.6 is 0 Å². The van der Waals surface area contributed by atoms with E-state index in [0.717, 1.165) is 44.6 Å². The summed E-state index contributed by atoms with van der Waals surface area (Å²) in [5, 5.41) is 0. The van der Waals surface area contributed by atoms with Gasteiger partial charge in [-0.2, -0.15) is 0 Å². The van der Waals surface area contributed by atoms with Crippen molar-refractivity contribution in [1.29, 1.82) is 0 Å². The summed E-state index contributed by atoms with van der Waals surface area (Å²) in [6, 6.07) is 0.528. The van der Waals surface area contributed by atoms with Crippen LogP contribution in [0.25, 0.3) is 0 Å². The van der Waals surface area contributed by atoms with Crippen molar-refractivity contribution in [2.24, 2.45) is 16.6 Å². The van der Waals surface area contributed by atoms with Crippen LogP contribution in [0.3, 0.4) is 0 Å². The maximum Gasteiger partial charge on any atom is 0.191 e. The molecule has 0 amide bonds. The van der Waals surface area contributed by atoms with E-state index < -0.39 is 0 Å². The highest BCUT2D eigenvalue weighted by Gasteiger charge is 2.32. The number of allylic oxidation sites excluding steroid dienone is 2. The van der Waals surface area contributed by atoms with Gasteiger partial charge in [0.15, 0.2) is 5.96 Å². The van der Waals surface area contributed by atoms with Crippen LogP contribution in [0.4, 0.5) is 0 Å². The van der Waals surface area contributed by atoms with Gasteiger partial charge in [-0.15, -0.1) is 0 Å². The lowest BCUT2D eigenvalue weighted by molar-refractivity contribution is 0.202. The summed E-state index contributed by atoms with van der Waals surface area (Å²) in [6.45, 7) is 9.64. The molecule has 19 heavy (non-hydrogen) atoms. The highest BCUT2D eigenvalue weighted by Crippen LogP contribution is 2.27. The monoisotopic (exact) mass is 264 g/mol. The van der Waals surface area contributed by atoms with Crippen LogP contribution in [0.5, 0.6) is 0 Å². The number of hydrogen-bond donors (Lipinski definition) is 1. The van der Waals surface area contributed by atoms with Crippen molar-refractivity contribution in [3.05, 3.63) is 12.2 Å². The number of nitrogens with zero attached hydrogens (tertiary/aromatic N) is 3. The highest BCUT2D eigenvalue weighted by atomic mass is 15.3. The molecule has 0 fully saturated rings. The fourth-order valence-electron chi connectivity index (χ4n) is 3.19. The van der Waals surface area contributed by atoms with Crippen molar-refractivity contribution < 1.29 is 0 Å². The average Bonchev–Trinajstić information content (AvgIpc) is 2.82. The average molecular weight is 264 g/mol. The fourth-order valence-corrected chi connectivity index (χ4v) is 3.19. The molecular weight excluding hydrogens is 236 g/mol. The molecule has 2 N–H and O–H groups in total. The van der Waals surface area contributed by atoms with Crippen LogP contribution in [0.1, 0.15) is 33.1 Å². The van der Waals surface area contributed by atoms with E-state index in [9.17, 15) is 0 Å². The van der Waals surface area contributed by atoms with E-state index in [0.29, 0.717) is 6.04 Å². The number of nitrogens with two attached hydrogens (primary N) is 1. The third kappa shape index (κ3) is 3.50. The third-order valence-electron chi connectivity index (χ3n) is 4.54. The Labute approximate surface area is 117 Å². The molecule has 2 unspecified atom stereocenters. The molecule has 2 aliphatic rings. The van der Waals surface area contributed by atoms with Crippen LogP contribution < -0.4 is 5.73 Å². The molecule has 1 aliphatic heterocycles. The number of hydrogen-bond acceptors (Lipinski definition) is 4. The van der Waals surface area contributed by atoms with Gasteiger partial charge < -0.3 is 15.5 Å². The van der Waals surface area contributed by atoms with Crippen molar-refractivity contribution in [3.8, 4) is 0 Å². The Morgan fingerprint density at radius 1 is 1.37 bits per heavy atom. The highest BCUT2D eigenvalue weighted by molar-refractivity contribution is 5.80. The lowest BCUT2D eigenvalue weighted by atomic mass is 9.87. The Bertz CT molecular complexity index is 333. The fraction of sp³-hybridized carbons (Fsp3) is 0.800. The number of rotatable bonds is 6. The van der Waals surface area contributed by atoms with Gasteiger partial charge >= 0.3 is 0 Å². The molecule has 1 aliphatic carbocycles. The Morgan fingerprint density at radius 3 is 2.79 bits per heavy atom. The standard InChI is InChI=1S/C15H28N4/c1-3-18(4-2)10-11-19-14(12-17-15(19)16)13-8-6-5-7-9-13/h5-6,13-14H,3-4,7-12H2,1-2H3,(H2,16,17). The van der Waals surface area contributed by atoms with Gasteiger partial charge in [-0.25, -0.2) is 0 Å². The molecule has 0 aromatic heterocycles. The van der Waals surface area contributed by atoms with Crippen LogP contribution in [-0.2, 0) is 0 Å². The molecule has 4 heteroatoms. The molecule has 0 bridgehead atoms. The maximum atomic E-state index is 6.08. The normalized spacial score (nSPS) is 27.1. The van der Waals surface area contributed by atoms with Gasteiger partial charge in [-0.3, -0.25) is 4.99 Å². The van der Waals surface area contributed by atoms with Gasteiger partial charge in [0.2, 0.25) is 0 Å². The molecule has 0 saturated heterocycles. The van der Waals surface area contributed by atoms with Crippen molar-refractivity contribution >= 4 is 5.96 Å². The lowest BCUT2D eigenvalue weighted by Gasteiger charge is -2.34. The van der Waals surface area contributed by atoms with Gasteiger partial charge in [0.05, 0.1) is 12.6 Å². The van der Waals surface area contributed by atoms with Gasteiger partial charge in [0.25, 0.3) is 0 Å². The topological polar surface area (TPSA) is 44.9 Å². The molecule has 2 rings (SSSR count). The summed E-state index contributed by atoms with van der Waals surface area (Å²) in [4.78, 5) is 9.28. The number of aliphatic imine (C=N–C) groups is 1. The van der Waals surface area contributed by atoms with E-state index in [1.54, 1.807) is 0 Å². The zero-order chi connectivity index (χ0) is 13.7. The van der Waals surface area contributed by atoms with Crippen LogP contribution in [0.2, 0.25) is 0 Å². The van der Waals surface area contributed by atoms with Gasteiger partial charge in [0, 0.05) is 13.1 Å². The smallest absolute Gasteiger partial charge is 0.191 e. The Balaban J connectivity index is 1.91. The minimum Gasteiger partial charge on any atom is -0.370 e. The molecule has 4 nitrogen and oxygen atoms in total. The van der Waals surface area contributed by atoms with E-state index in [1.807, 2.05) is 0 Å². The number of guanidine groups is 1. The van der Waals surface area contributed by atoms with Gasteiger partial charge in [-0.05, 0) is 38.3 Å². The van der Waals surface area contributed by atoms with E-state index >= 15 is 0 Å². The van der Waals surface area contributed by atoms with Crippen LogP contribution in [0.15, 0.2) is 17.1 Å². The predicted octanol–water partition coefficient (Wildman–Crippen LogP) is 1.68. The second-order valence-corrected chi connectivity index (χ2v) is 5.53. The summed E-state index contributed by atoms with van der Waals surface area (Å²) in [5.41, 5.74) is 6.08. The molecule has 2 atom stereocenters. The van der Waals surface area contributed by atoms with Crippen LogP contribution in [-0.4, -0.2) is 54.5 Å². The van der Waals surface area contributed by atoms with E-state index in [-0.39, 0.29) is 0 Å². The third-order valence-corrected chi connectivity index (χ3v) is 4.54. The Morgan fingerprint density at radius 2 is 2.16 bits per heavy atom. The maximum absolute atomic E-state index is 6.08. The summed E-state index contributed by atoms with van der Waals surface area (Å²) < 4.78 is 0. The predicted molar refractivity (Wildman–Crippen MR) is 81.3 cm³/mol. The largest absolute Gasteiger partial charge is 0.370 e. The molecule has 0 aromatic carbocycles. The summed E-state index contributed by atoms with van der Waals surface area (Å²) in [6.07, 6.45) is 8.31. The zero-order valence-electron chi connectivity index (χ0n) is 12.4. The zero-order valence-corrected chi connectivity index (χ0v) is 12.4. The molecule has 0 radical (unpaired) electrons. The Hall–Kier alpha value is -1.03. The summed E-state index contributed by atoms with van der Waals surface area (Å²) in [5.74, 6) is 1.48. The van der Waals surface area contributed by atoms with E-state index in [4.69, 9.17) is 5.73 Å². The first-order valence-electron chi connectivity index (χ1n) is 7.70. The molecule has 0 saturated carbocycles. The molecular formula is C15H28N4. The second kappa shape index (κ2) is 6.94. The first-order chi connectivity index (χ1) is 9.26. The first kappa shape index (κ1) is 14.4. The Kier molecular flexibility index (Phi) is 5.25. The molecule has 108 valence electrons. The van der Waals surface area contributed by atoms with Gasteiger partial charge in [0.1, 0.15) is 0 Å². The minimum absolute atomic E-state index is 0.528. The molecule has 0 aromatic rings. The van der Waals surface area contributed by atoms with Crippen molar-refractivity contribution in [1.82, 2.24) is 9.80 Å². The van der Waals surface area contributed by atoms with E-state index in [2.05, 4.69) is 40.8 Å². The van der Waals surface area contributed by atoms with Crippen molar-refractivity contribution in [2.75, 3.05) is 32.7 Å². The van der Waals surface area contributed by atoms with Crippen molar-refractivity contribution in [2.45, 2.75) is 39.2 Å². The number of likely N-dealkylation sites (N-methyl/N-ethyl adjacent to an activating group) is 1. The van der Waals surface area contributed by atoms with Gasteiger partial charge in [-0.1, -0.05) is 26.0 Å². The van der Waals surface area contributed by atoms with Crippen molar-refractivity contribution in [3.63, 3.8) is 0 Å².